The molecule has 8 heteroatoms. The van der Waals surface area contributed by atoms with Gasteiger partial charge in [-0.1, -0.05) is 60.7 Å². The van der Waals surface area contributed by atoms with Crippen molar-refractivity contribution in [1.82, 2.24) is 10.6 Å². The zero-order chi connectivity index (χ0) is 24.8. The number of hydrogen-bond donors (Lipinski definition) is 3. The predicted molar refractivity (Wildman–Crippen MR) is 134 cm³/mol. The summed E-state index contributed by atoms with van der Waals surface area (Å²) in [4.78, 5) is 37.8. The molecule has 2 amide bonds. The SMILES string of the molecule is C=CCCC(NC(=O)OCC1c2ccccc2-c2ccccc21)C(=O)NC(C(=O)O)c1cccs1. The van der Waals surface area contributed by atoms with Crippen molar-refractivity contribution in [1.29, 1.82) is 0 Å². The molecule has 1 heterocycles. The smallest absolute Gasteiger partial charge is 0.407 e. The molecule has 0 saturated carbocycles. The van der Waals surface area contributed by atoms with Crippen molar-refractivity contribution in [3.63, 3.8) is 0 Å². The van der Waals surface area contributed by atoms with Crippen molar-refractivity contribution < 1.29 is 24.2 Å². The summed E-state index contributed by atoms with van der Waals surface area (Å²) >= 11 is 1.23. The maximum Gasteiger partial charge on any atom is 0.407 e. The third-order valence-electron chi connectivity index (χ3n) is 5.97. The molecule has 1 aliphatic rings. The number of nitrogens with one attached hydrogen (secondary N) is 2. The fourth-order valence-corrected chi connectivity index (χ4v) is 5.06. The van der Waals surface area contributed by atoms with Gasteiger partial charge in [-0.05, 0) is 46.5 Å². The maximum absolute atomic E-state index is 12.9. The Morgan fingerprint density at radius 3 is 2.23 bits per heavy atom. The number of amides is 2. The monoisotopic (exact) mass is 490 g/mol. The molecule has 0 aliphatic heterocycles. The molecule has 0 spiro atoms. The van der Waals surface area contributed by atoms with Crippen molar-refractivity contribution >= 4 is 29.3 Å². The number of carbonyl (C=O) groups is 3. The van der Waals surface area contributed by atoms with Crippen molar-refractivity contribution in [2.75, 3.05) is 6.61 Å². The average molecular weight is 491 g/mol. The highest BCUT2D eigenvalue weighted by atomic mass is 32.1. The molecule has 0 saturated heterocycles. The Balaban J connectivity index is 1.42. The second-order valence-corrected chi connectivity index (χ2v) is 9.16. The number of hydrogen-bond acceptors (Lipinski definition) is 5. The Bertz CT molecular complexity index is 1180. The van der Waals surface area contributed by atoms with Crippen LogP contribution in [0.15, 0.2) is 78.7 Å². The first-order chi connectivity index (χ1) is 17.0. The summed E-state index contributed by atoms with van der Waals surface area (Å²) in [5.41, 5.74) is 4.41. The fraction of sp³-hybridized carbons (Fsp3) is 0.222. The number of carbonyl (C=O) groups excluding carboxylic acids is 2. The lowest BCUT2D eigenvalue weighted by atomic mass is 9.98. The van der Waals surface area contributed by atoms with Crippen molar-refractivity contribution in [3.05, 3.63) is 94.7 Å². The third-order valence-corrected chi connectivity index (χ3v) is 6.91. The topological polar surface area (TPSA) is 105 Å². The molecule has 3 aromatic rings. The molecule has 1 aliphatic carbocycles. The molecular weight excluding hydrogens is 464 g/mol. The lowest BCUT2D eigenvalue weighted by molar-refractivity contribution is -0.142. The molecule has 180 valence electrons. The minimum Gasteiger partial charge on any atom is -0.479 e. The molecule has 0 fully saturated rings. The lowest BCUT2D eigenvalue weighted by Gasteiger charge is -2.21. The zero-order valence-electron chi connectivity index (χ0n) is 19.0. The summed E-state index contributed by atoms with van der Waals surface area (Å²) < 4.78 is 5.55. The number of carboxylic acid groups (broad SMARTS) is 1. The van der Waals surface area contributed by atoms with Crippen LogP contribution in [0.4, 0.5) is 4.79 Å². The highest BCUT2D eigenvalue weighted by Gasteiger charge is 2.31. The van der Waals surface area contributed by atoms with Gasteiger partial charge in [0.1, 0.15) is 12.6 Å². The van der Waals surface area contributed by atoms with Crippen LogP contribution in [0.2, 0.25) is 0 Å². The molecule has 0 radical (unpaired) electrons. The van der Waals surface area contributed by atoms with Crippen LogP contribution in [0, 0.1) is 0 Å². The molecule has 2 atom stereocenters. The van der Waals surface area contributed by atoms with Crippen LogP contribution in [-0.4, -0.2) is 35.7 Å². The fourth-order valence-electron chi connectivity index (χ4n) is 4.29. The largest absolute Gasteiger partial charge is 0.479 e. The van der Waals surface area contributed by atoms with Gasteiger partial charge in [-0.2, -0.15) is 0 Å². The number of rotatable bonds is 10. The van der Waals surface area contributed by atoms with Crippen LogP contribution in [0.25, 0.3) is 11.1 Å². The first-order valence-corrected chi connectivity index (χ1v) is 12.2. The summed E-state index contributed by atoms with van der Waals surface area (Å²) in [6.07, 6.45) is 1.61. The predicted octanol–water partition coefficient (Wildman–Crippen LogP) is 4.86. The van der Waals surface area contributed by atoms with E-state index in [1.807, 2.05) is 36.4 Å². The zero-order valence-corrected chi connectivity index (χ0v) is 19.8. The van der Waals surface area contributed by atoms with Gasteiger partial charge in [0.25, 0.3) is 0 Å². The second kappa shape index (κ2) is 11.0. The van der Waals surface area contributed by atoms with E-state index < -0.39 is 30.1 Å². The third kappa shape index (κ3) is 5.44. The lowest BCUT2D eigenvalue weighted by Crippen LogP contribution is -2.49. The number of thiophene rings is 1. The summed E-state index contributed by atoms with van der Waals surface area (Å²) in [5, 5.41) is 16.4. The van der Waals surface area contributed by atoms with Gasteiger partial charge in [-0.3, -0.25) is 4.79 Å². The number of benzene rings is 2. The first-order valence-electron chi connectivity index (χ1n) is 11.3. The first kappa shape index (κ1) is 24.2. The average Bonchev–Trinajstić information content (AvgIpc) is 3.50. The van der Waals surface area contributed by atoms with E-state index in [2.05, 4.69) is 29.3 Å². The van der Waals surface area contributed by atoms with Gasteiger partial charge in [-0.15, -0.1) is 17.9 Å². The molecule has 2 unspecified atom stereocenters. The van der Waals surface area contributed by atoms with Crippen LogP contribution >= 0.6 is 11.3 Å². The van der Waals surface area contributed by atoms with E-state index in [1.54, 1.807) is 23.6 Å². The molecular formula is C27H26N2O5S. The van der Waals surface area contributed by atoms with E-state index in [-0.39, 0.29) is 18.9 Å². The number of ether oxygens (including phenoxy) is 1. The molecule has 2 aromatic carbocycles. The molecule has 35 heavy (non-hydrogen) atoms. The van der Waals surface area contributed by atoms with Gasteiger partial charge in [-0.25, -0.2) is 9.59 Å². The van der Waals surface area contributed by atoms with E-state index in [4.69, 9.17) is 4.74 Å². The van der Waals surface area contributed by atoms with Gasteiger partial charge >= 0.3 is 12.1 Å². The number of carboxylic acids is 1. The van der Waals surface area contributed by atoms with Gasteiger partial charge in [0, 0.05) is 10.8 Å². The Morgan fingerprint density at radius 1 is 1.00 bits per heavy atom. The van der Waals surface area contributed by atoms with E-state index in [0.717, 1.165) is 22.3 Å². The van der Waals surface area contributed by atoms with Gasteiger partial charge in [0.15, 0.2) is 6.04 Å². The van der Waals surface area contributed by atoms with Crippen LogP contribution in [0.5, 0.6) is 0 Å². The van der Waals surface area contributed by atoms with Gasteiger partial charge in [0.2, 0.25) is 5.91 Å². The number of aliphatic carboxylic acids is 1. The molecule has 4 rings (SSSR count). The van der Waals surface area contributed by atoms with Crippen molar-refractivity contribution in [3.8, 4) is 11.1 Å². The Hall–Kier alpha value is -3.91. The molecule has 7 nitrogen and oxygen atoms in total. The van der Waals surface area contributed by atoms with Crippen molar-refractivity contribution in [2.24, 2.45) is 0 Å². The number of fused-ring (bicyclic) bond motifs is 3. The van der Waals surface area contributed by atoms with E-state index in [1.165, 1.54) is 11.3 Å². The van der Waals surface area contributed by atoms with E-state index >= 15 is 0 Å². The summed E-state index contributed by atoms with van der Waals surface area (Å²) in [7, 11) is 0. The normalized spacial score (nSPS) is 13.7. The Morgan fingerprint density at radius 2 is 1.66 bits per heavy atom. The minimum atomic E-state index is -1.20. The number of alkyl carbamates (subject to hydrolysis) is 1. The summed E-state index contributed by atoms with van der Waals surface area (Å²) in [5.74, 6) is -1.88. The maximum atomic E-state index is 12.9. The van der Waals surface area contributed by atoms with Crippen LogP contribution in [-0.2, 0) is 14.3 Å². The standard InChI is InChI=1S/C27H26N2O5S/c1-2-3-13-22(25(30)29-24(26(31)32)23-14-8-15-35-23)28-27(33)34-16-21-19-11-6-4-9-17(19)18-10-5-7-12-20(18)21/h2,4-12,14-15,21-22,24H,1,3,13,16H2,(H,28,33)(H,29,30)(H,31,32). The molecule has 0 bridgehead atoms. The molecule has 1 aromatic heterocycles. The number of allylic oxidation sites excluding steroid dienone is 1. The van der Waals surface area contributed by atoms with Crippen LogP contribution < -0.4 is 10.6 Å². The highest BCUT2D eigenvalue weighted by Crippen LogP contribution is 2.44. The van der Waals surface area contributed by atoms with Gasteiger partial charge in [0.05, 0.1) is 0 Å². The minimum absolute atomic E-state index is 0.108. The summed E-state index contributed by atoms with van der Waals surface area (Å²) in [6.45, 7) is 3.78. The quantitative estimate of drug-likeness (QED) is 0.352. The van der Waals surface area contributed by atoms with E-state index in [0.29, 0.717) is 11.3 Å². The Kier molecular flexibility index (Phi) is 7.62. The Labute approximate surface area is 207 Å². The van der Waals surface area contributed by atoms with Crippen molar-refractivity contribution in [2.45, 2.75) is 30.8 Å². The summed E-state index contributed by atoms with van der Waals surface area (Å²) in [6, 6.07) is 17.2. The van der Waals surface area contributed by atoms with Crippen LogP contribution in [0.3, 0.4) is 0 Å². The second-order valence-electron chi connectivity index (χ2n) is 8.18. The van der Waals surface area contributed by atoms with Crippen LogP contribution in [0.1, 0.15) is 40.8 Å². The molecule has 3 N–H and O–H groups in total. The highest BCUT2D eigenvalue weighted by molar-refractivity contribution is 7.10. The van der Waals surface area contributed by atoms with Gasteiger partial charge < -0.3 is 20.5 Å². The van der Waals surface area contributed by atoms with E-state index in [9.17, 15) is 19.5 Å².